The fourth-order valence-electron chi connectivity index (χ4n) is 0.681. The number of rotatable bonds is 2. The van der Waals surface area contributed by atoms with Crippen molar-refractivity contribution in [3.8, 4) is 0 Å². The first kappa shape index (κ1) is 10.8. The Labute approximate surface area is 70.8 Å². The smallest absolute Gasteiger partial charge is 0.145 e. The van der Waals surface area contributed by atoms with E-state index in [0.717, 1.165) is 0 Å². The van der Waals surface area contributed by atoms with Crippen LogP contribution in [0.3, 0.4) is 0 Å². The maximum absolute atomic E-state index is 11.5. The van der Waals surface area contributed by atoms with E-state index in [0.29, 0.717) is 0 Å². The van der Waals surface area contributed by atoms with Gasteiger partial charge in [0.15, 0.2) is 0 Å². The Balaban J connectivity index is 4.39. The van der Waals surface area contributed by atoms with Crippen LogP contribution in [0.15, 0.2) is 0 Å². The SMILES string of the molecule is CC(=O)C(C)S(=O)C(C)(C)C. The number of carbonyl (C=O) groups is 1. The molecule has 0 aliphatic carbocycles. The predicted molar refractivity (Wildman–Crippen MR) is 48.0 cm³/mol. The minimum Gasteiger partial charge on any atom is -0.299 e. The van der Waals surface area contributed by atoms with Crippen molar-refractivity contribution in [1.29, 1.82) is 0 Å². The minimum atomic E-state index is -1.06. The van der Waals surface area contributed by atoms with Gasteiger partial charge in [0.25, 0.3) is 0 Å². The van der Waals surface area contributed by atoms with Crippen LogP contribution in [-0.4, -0.2) is 20.0 Å². The molecule has 11 heavy (non-hydrogen) atoms. The lowest BCUT2D eigenvalue weighted by Gasteiger charge is -2.21. The molecule has 0 amide bonds. The van der Waals surface area contributed by atoms with Gasteiger partial charge in [-0.1, -0.05) is 0 Å². The highest BCUT2D eigenvalue weighted by Gasteiger charge is 2.27. The van der Waals surface area contributed by atoms with Crippen LogP contribution in [0.1, 0.15) is 34.6 Å². The van der Waals surface area contributed by atoms with Crippen LogP contribution in [0.25, 0.3) is 0 Å². The van der Waals surface area contributed by atoms with E-state index in [1.807, 2.05) is 20.8 Å². The van der Waals surface area contributed by atoms with Crippen LogP contribution in [0.4, 0.5) is 0 Å². The summed E-state index contributed by atoms with van der Waals surface area (Å²) in [6.07, 6.45) is 0. The van der Waals surface area contributed by atoms with E-state index in [9.17, 15) is 9.00 Å². The molecule has 0 heterocycles. The first-order valence-electron chi connectivity index (χ1n) is 3.68. The lowest BCUT2D eigenvalue weighted by atomic mass is 10.3. The van der Waals surface area contributed by atoms with Gasteiger partial charge in [-0.25, -0.2) is 0 Å². The van der Waals surface area contributed by atoms with Gasteiger partial charge in [-0.2, -0.15) is 0 Å². The summed E-state index contributed by atoms with van der Waals surface area (Å²) < 4.78 is 11.2. The van der Waals surface area contributed by atoms with E-state index in [1.54, 1.807) is 6.92 Å². The topological polar surface area (TPSA) is 34.1 Å². The molecule has 0 aliphatic rings. The second-order valence-corrected chi connectivity index (χ2v) is 6.19. The molecule has 0 aromatic rings. The highest BCUT2D eigenvalue weighted by Crippen LogP contribution is 2.15. The second kappa shape index (κ2) is 3.48. The van der Waals surface area contributed by atoms with E-state index >= 15 is 0 Å². The van der Waals surface area contributed by atoms with E-state index in [-0.39, 0.29) is 15.8 Å². The molecule has 66 valence electrons. The largest absolute Gasteiger partial charge is 0.299 e. The molecule has 0 saturated carbocycles. The Morgan fingerprint density at radius 3 is 1.82 bits per heavy atom. The number of ketones is 1. The number of carbonyl (C=O) groups excluding carboxylic acids is 1. The first-order valence-corrected chi connectivity index (χ1v) is 4.89. The Morgan fingerprint density at radius 2 is 1.73 bits per heavy atom. The summed E-state index contributed by atoms with van der Waals surface area (Å²) in [5.74, 6) is -0.00161. The molecule has 0 rings (SSSR count). The molecule has 2 unspecified atom stereocenters. The van der Waals surface area contributed by atoms with Crippen LogP contribution in [0.5, 0.6) is 0 Å². The maximum Gasteiger partial charge on any atom is 0.145 e. The van der Waals surface area contributed by atoms with Gasteiger partial charge in [0, 0.05) is 15.5 Å². The molecule has 0 fully saturated rings. The summed E-state index contributed by atoms with van der Waals surface area (Å²) >= 11 is 0. The zero-order chi connectivity index (χ0) is 9.23. The zero-order valence-corrected chi connectivity index (χ0v) is 8.62. The van der Waals surface area contributed by atoms with Crippen molar-refractivity contribution in [2.45, 2.75) is 44.6 Å². The molecule has 0 saturated heterocycles. The monoisotopic (exact) mass is 176 g/mol. The average Bonchev–Trinajstić information content (AvgIpc) is 1.82. The summed E-state index contributed by atoms with van der Waals surface area (Å²) in [7, 11) is -1.06. The van der Waals surface area contributed by atoms with Crippen molar-refractivity contribution in [2.75, 3.05) is 0 Å². The van der Waals surface area contributed by atoms with Crippen molar-refractivity contribution >= 4 is 16.6 Å². The zero-order valence-electron chi connectivity index (χ0n) is 7.80. The summed E-state index contributed by atoms with van der Waals surface area (Å²) in [4.78, 5) is 10.8. The molecule has 0 radical (unpaired) electrons. The molecule has 2 atom stereocenters. The quantitative estimate of drug-likeness (QED) is 0.639. The van der Waals surface area contributed by atoms with Crippen LogP contribution < -0.4 is 0 Å². The second-order valence-electron chi connectivity index (χ2n) is 3.66. The molecule has 0 bridgehead atoms. The van der Waals surface area contributed by atoms with Crippen molar-refractivity contribution in [2.24, 2.45) is 0 Å². The highest BCUT2D eigenvalue weighted by molar-refractivity contribution is 7.87. The molecular weight excluding hydrogens is 160 g/mol. The number of hydrogen-bond acceptors (Lipinski definition) is 2. The minimum absolute atomic E-state index is 0.00161. The van der Waals surface area contributed by atoms with Gasteiger partial charge >= 0.3 is 0 Å². The van der Waals surface area contributed by atoms with E-state index in [4.69, 9.17) is 0 Å². The van der Waals surface area contributed by atoms with E-state index in [2.05, 4.69) is 0 Å². The first-order chi connectivity index (χ1) is 4.76. The van der Waals surface area contributed by atoms with Crippen molar-refractivity contribution in [1.82, 2.24) is 0 Å². The van der Waals surface area contributed by atoms with Crippen LogP contribution >= 0.6 is 0 Å². The fraction of sp³-hybridized carbons (Fsp3) is 0.875. The van der Waals surface area contributed by atoms with Gasteiger partial charge in [-0.15, -0.1) is 0 Å². The summed E-state index contributed by atoms with van der Waals surface area (Å²) in [6.45, 7) is 8.83. The molecule has 0 aromatic heterocycles. The van der Waals surface area contributed by atoms with Crippen molar-refractivity contribution in [3.63, 3.8) is 0 Å². The van der Waals surface area contributed by atoms with Crippen molar-refractivity contribution in [3.05, 3.63) is 0 Å². The van der Waals surface area contributed by atoms with Crippen molar-refractivity contribution < 1.29 is 9.00 Å². The number of Topliss-reactive ketones (excluding diaryl/α,β-unsaturated/α-hetero) is 1. The van der Waals surface area contributed by atoms with Crippen LogP contribution in [-0.2, 0) is 15.6 Å². The van der Waals surface area contributed by atoms with E-state index in [1.165, 1.54) is 6.92 Å². The molecule has 2 nitrogen and oxygen atoms in total. The fourth-order valence-corrected chi connectivity index (χ4v) is 2.04. The average molecular weight is 176 g/mol. The third kappa shape index (κ3) is 3.14. The van der Waals surface area contributed by atoms with Crippen LogP contribution in [0.2, 0.25) is 0 Å². The lowest BCUT2D eigenvalue weighted by Crippen LogP contribution is -2.33. The third-order valence-electron chi connectivity index (χ3n) is 1.50. The van der Waals surface area contributed by atoms with Gasteiger partial charge in [0.05, 0.1) is 5.25 Å². The third-order valence-corrected chi connectivity index (χ3v) is 3.68. The highest BCUT2D eigenvalue weighted by atomic mass is 32.2. The number of hydrogen-bond donors (Lipinski definition) is 0. The van der Waals surface area contributed by atoms with Gasteiger partial charge in [-0.05, 0) is 34.6 Å². The normalized spacial score (nSPS) is 17.5. The van der Waals surface area contributed by atoms with Crippen LogP contribution in [0, 0.1) is 0 Å². The molecular formula is C8H16O2S. The Hall–Kier alpha value is -0.180. The maximum atomic E-state index is 11.5. The summed E-state index contributed by atoms with van der Waals surface area (Å²) in [5, 5.41) is -0.338. The van der Waals surface area contributed by atoms with Gasteiger partial charge in [0.2, 0.25) is 0 Å². The Bertz CT molecular complexity index is 179. The van der Waals surface area contributed by atoms with Gasteiger partial charge < -0.3 is 0 Å². The molecule has 0 N–H and O–H groups in total. The Morgan fingerprint density at radius 1 is 1.36 bits per heavy atom. The standard InChI is InChI=1S/C8H16O2S/c1-6(9)7(2)11(10)8(3,4)5/h7H,1-5H3. The summed E-state index contributed by atoms with van der Waals surface area (Å²) in [6, 6.07) is 0. The van der Waals surface area contributed by atoms with Gasteiger partial charge in [-0.3, -0.25) is 9.00 Å². The predicted octanol–water partition coefficient (Wildman–Crippen LogP) is 1.51. The molecule has 0 aromatic carbocycles. The van der Waals surface area contributed by atoms with E-state index < -0.39 is 10.8 Å². The molecule has 0 spiro atoms. The lowest BCUT2D eigenvalue weighted by molar-refractivity contribution is -0.116. The van der Waals surface area contributed by atoms with Gasteiger partial charge in [0.1, 0.15) is 5.78 Å². The Kier molecular flexibility index (Phi) is 3.42. The molecule has 0 aliphatic heterocycles. The molecule has 3 heteroatoms. The summed E-state index contributed by atoms with van der Waals surface area (Å²) in [5.41, 5.74) is 0.